The second kappa shape index (κ2) is 13.2. The van der Waals surface area contributed by atoms with E-state index in [1.165, 1.54) is 18.0 Å². The summed E-state index contributed by atoms with van der Waals surface area (Å²) in [6.07, 6.45) is 7.08. The number of rotatable bonds is 12. The fourth-order valence-corrected chi connectivity index (χ4v) is 4.41. The van der Waals surface area contributed by atoms with Crippen LogP contribution in [0.25, 0.3) is 22.1 Å². The Balaban J connectivity index is 1.21. The van der Waals surface area contributed by atoms with E-state index >= 15 is 0 Å². The summed E-state index contributed by atoms with van der Waals surface area (Å²) in [7, 11) is 0. The average molecular weight is 553 g/mol. The minimum atomic E-state index is -0.340. The number of fused-ring (bicyclic) bond motifs is 3. The first-order valence-corrected chi connectivity index (χ1v) is 13.3. The van der Waals surface area contributed by atoms with Gasteiger partial charge >= 0.3 is 0 Å². The molecule has 0 aliphatic heterocycles. The number of hydrazone groups is 2. The standard InChI is InChI=1S/C27H24N10O2S/c38-21(16-31-30-14-11-19-7-3-5-12-28-19)18-40-27-33-26-25(35-36-27)22-9-1-2-10-23(22)37(26)17-24(39)34-32-15-20-8-4-6-13-29-20/h1-10,12-15,31H,11,16-18H2,(H,34,39)/b30-14+,32-15+. The van der Waals surface area contributed by atoms with Crippen molar-refractivity contribution in [3.05, 3.63) is 84.4 Å². The van der Waals surface area contributed by atoms with Crippen LogP contribution in [-0.4, -0.2) is 66.1 Å². The zero-order valence-electron chi connectivity index (χ0n) is 21.2. The molecule has 0 aliphatic carbocycles. The van der Waals surface area contributed by atoms with Gasteiger partial charge in [-0.15, -0.1) is 10.2 Å². The second-order valence-corrected chi connectivity index (χ2v) is 9.36. The number of nitrogens with one attached hydrogen (secondary N) is 2. The van der Waals surface area contributed by atoms with E-state index in [1.54, 1.807) is 35.3 Å². The van der Waals surface area contributed by atoms with Gasteiger partial charge in [-0.3, -0.25) is 19.6 Å². The molecule has 1 aromatic carbocycles. The number of aromatic nitrogens is 6. The van der Waals surface area contributed by atoms with Gasteiger partial charge in [0.2, 0.25) is 5.16 Å². The van der Waals surface area contributed by atoms with Gasteiger partial charge in [-0.05, 0) is 30.3 Å². The molecule has 13 heteroatoms. The summed E-state index contributed by atoms with van der Waals surface area (Å²) in [5.74, 6) is -0.277. The molecule has 200 valence electrons. The van der Waals surface area contributed by atoms with E-state index in [0.29, 0.717) is 28.4 Å². The van der Waals surface area contributed by atoms with E-state index in [2.05, 4.69) is 46.2 Å². The van der Waals surface area contributed by atoms with Crippen LogP contribution < -0.4 is 10.9 Å². The lowest BCUT2D eigenvalue weighted by Crippen LogP contribution is -2.23. The number of thioether (sulfide) groups is 1. The fourth-order valence-electron chi connectivity index (χ4n) is 3.76. The van der Waals surface area contributed by atoms with Crippen molar-refractivity contribution in [2.75, 3.05) is 12.3 Å². The Morgan fingerprint density at radius 3 is 2.60 bits per heavy atom. The molecular formula is C27H24N10O2S. The molecule has 0 saturated carbocycles. The Labute approximate surface area is 233 Å². The molecule has 1 amide bonds. The summed E-state index contributed by atoms with van der Waals surface area (Å²) in [5, 5.41) is 17.8. The maximum absolute atomic E-state index is 12.7. The predicted octanol–water partition coefficient (Wildman–Crippen LogP) is 2.40. The van der Waals surface area contributed by atoms with Gasteiger partial charge in [-0.2, -0.15) is 10.2 Å². The second-order valence-electron chi connectivity index (χ2n) is 8.42. The van der Waals surface area contributed by atoms with Gasteiger partial charge in [-0.1, -0.05) is 42.1 Å². The van der Waals surface area contributed by atoms with E-state index in [-0.39, 0.29) is 30.5 Å². The maximum Gasteiger partial charge on any atom is 0.260 e. The van der Waals surface area contributed by atoms with E-state index in [1.807, 2.05) is 48.5 Å². The van der Waals surface area contributed by atoms with Crippen molar-refractivity contribution in [2.24, 2.45) is 10.2 Å². The SMILES string of the molecule is O=C(CN/N=C/Cc1ccccn1)CSc1nnc2c3ccccc3n(CC(=O)N/N=C/c3ccccn3)c2n1. The Morgan fingerprint density at radius 2 is 1.77 bits per heavy atom. The minimum absolute atomic E-state index is 0.0360. The third-order valence-electron chi connectivity index (χ3n) is 5.58. The predicted molar refractivity (Wildman–Crippen MR) is 153 cm³/mol. The first-order valence-electron chi connectivity index (χ1n) is 12.3. The number of carbonyl (C=O) groups excluding carboxylic acids is 2. The first kappa shape index (κ1) is 26.6. The molecule has 0 saturated heterocycles. The number of benzene rings is 1. The Hall–Kier alpha value is -5.04. The van der Waals surface area contributed by atoms with Crippen molar-refractivity contribution < 1.29 is 9.59 Å². The molecule has 0 unspecified atom stereocenters. The first-order chi connectivity index (χ1) is 19.7. The van der Waals surface area contributed by atoms with Crippen molar-refractivity contribution in [1.29, 1.82) is 0 Å². The number of hydrogen-bond acceptors (Lipinski definition) is 11. The van der Waals surface area contributed by atoms with Gasteiger partial charge in [0.25, 0.3) is 5.91 Å². The van der Waals surface area contributed by atoms with Crippen LogP contribution in [0.3, 0.4) is 0 Å². The molecule has 12 nitrogen and oxygen atoms in total. The number of nitrogens with zero attached hydrogens (tertiary/aromatic N) is 8. The van der Waals surface area contributed by atoms with Crippen LogP contribution in [0.4, 0.5) is 0 Å². The van der Waals surface area contributed by atoms with Crippen molar-refractivity contribution in [3.8, 4) is 0 Å². The summed E-state index contributed by atoms with van der Waals surface area (Å²) in [6.45, 7) is 0.0343. The summed E-state index contributed by atoms with van der Waals surface area (Å²) in [4.78, 5) is 38.0. The van der Waals surface area contributed by atoms with Crippen LogP contribution in [0.5, 0.6) is 0 Å². The van der Waals surface area contributed by atoms with Crippen LogP contribution >= 0.6 is 11.8 Å². The number of pyridine rings is 2. The zero-order valence-corrected chi connectivity index (χ0v) is 22.0. The van der Waals surface area contributed by atoms with Gasteiger partial charge < -0.3 is 9.99 Å². The zero-order chi connectivity index (χ0) is 27.6. The van der Waals surface area contributed by atoms with Gasteiger partial charge in [0.1, 0.15) is 12.1 Å². The number of hydrogen-bond donors (Lipinski definition) is 2. The Morgan fingerprint density at radius 1 is 0.950 bits per heavy atom. The van der Waals surface area contributed by atoms with Gasteiger partial charge in [-0.25, -0.2) is 10.4 Å². The number of para-hydroxylation sites is 1. The smallest absolute Gasteiger partial charge is 0.260 e. The van der Waals surface area contributed by atoms with Crippen molar-refractivity contribution in [1.82, 2.24) is 40.6 Å². The van der Waals surface area contributed by atoms with Gasteiger partial charge in [0.05, 0.1) is 29.7 Å². The molecule has 0 fully saturated rings. The Kier molecular flexibility index (Phi) is 8.73. The topological polar surface area (TPSA) is 152 Å². The highest BCUT2D eigenvalue weighted by Gasteiger charge is 2.17. The summed E-state index contributed by atoms with van der Waals surface area (Å²) >= 11 is 1.17. The van der Waals surface area contributed by atoms with E-state index < -0.39 is 0 Å². The maximum atomic E-state index is 12.7. The van der Waals surface area contributed by atoms with Gasteiger partial charge in [0.15, 0.2) is 11.4 Å². The van der Waals surface area contributed by atoms with Crippen molar-refractivity contribution in [2.45, 2.75) is 18.1 Å². The molecule has 0 radical (unpaired) electrons. The summed E-state index contributed by atoms with van der Waals surface area (Å²) < 4.78 is 1.76. The number of ketones is 1. The highest BCUT2D eigenvalue weighted by Crippen LogP contribution is 2.27. The Bertz CT molecular complexity index is 1670. The average Bonchev–Trinajstić information content (AvgIpc) is 3.29. The normalized spacial score (nSPS) is 11.5. The highest BCUT2D eigenvalue weighted by molar-refractivity contribution is 7.99. The third-order valence-corrected chi connectivity index (χ3v) is 6.48. The van der Waals surface area contributed by atoms with Gasteiger partial charge in [0, 0.05) is 36.1 Å². The lowest BCUT2D eigenvalue weighted by Gasteiger charge is -2.06. The van der Waals surface area contributed by atoms with Crippen LogP contribution in [0, 0.1) is 0 Å². The van der Waals surface area contributed by atoms with Crippen LogP contribution in [0.2, 0.25) is 0 Å². The lowest BCUT2D eigenvalue weighted by molar-refractivity contribution is -0.121. The molecule has 0 atom stereocenters. The molecule has 5 aromatic rings. The third kappa shape index (κ3) is 6.88. The summed E-state index contributed by atoms with van der Waals surface area (Å²) in [6, 6.07) is 18.6. The molecule has 5 rings (SSSR count). The van der Waals surface area contributed by atoms with E-state index in [0.717, 1.165) is 16.6 Å². The van der Waals surface area contributed by atoms with Crippen molar-refractivity contribution >= 4 is 57.9 Å². The molecule has 4 heterocycles. The lowest BCUT2D eigenvalue weighted by atomic mass is 10.2. The molecular weight excluding hydrogens is 528 g/mol. The quantitative estimate of drug-likeness (QED) is 0.135. The molecule has 4 aromatic heterocycles. The molecule has 0 aliphatic rings. The largest absolute Gasteiger partial charge is 0.314 e. The molecule has 0 bridgehead atoms. The minimum Gasteiger partial charge on any atom is -0.314 e. The van der Waals surface area contributed by atoms with Crippen molar-refractivity contribution in [3.63, 3.8) is 0 Å². The van der Waals surface area contributed by atoms with Crippen LogP contribution in [-0.2, 0) is 22.6 Å². The number of Topliss-reactive ketones (excluding diaryl/α,β-unsaturated/α-hetero) is 1. The van der Waals surface area contributed by atoms with E-state index in [4.69, 9.17) is 0 Å². The molecule has 40 heavy (non-hydrogen) atoms. The van der Waals surface area contributed by atoms with Crippen LogP contribution in [0.15, 0.2) is 88.4 Å². The number of amides is 1. The fraction of sp³-hybridized carbons (Fsp3) is 0.148. The molecule has 0 spiro atoms. The number of carbonyl (C=O) groups is 2. The summed E-state index contributed by atoms with van der Waals surface area (Å²) in [5.41, 5.74) is 8.64. The highest BCUT2D eigenvalue weighted by atomic mass is 32.2. The van der Waals surface area contributed by atoms with Crippen LogP contribution in [0.1, 0.15) is 11.4 Å². The molecule has 2 N–H and O–H groups in total. The van der Waals surface area contributed by atoms with E-state index in [9.17, 15) is 9.59 Å². The monoisotopic (exact) mass is 552 g/mol.